The van der Waals surface area contributed by atoms with E-state index in [0.717, 1.165) is 12.8 Å². The van der Waals surface area contributed by atoms with E-state index < -0.39 is 5.97 Å². The molecule has 0 saturated heterocycles. The van der Waals surface area contributed by atoms with Crippen LogP contribution < -0.4 is 0 Å². The smallest absolute Gasteiger partial charge is 0.341 e. The van der Waals surface area contributed by atoms with E-state index in [4.69, 9.17) is 4.52 Å². The van der Waals surface area contributed by atoms with Crippen LogP contribution >= 0.6 is 0 Å². The zero-order valence-electron chi connectivity index (χ0n) is 10.3. The van der Waals surface area contributed by atoms with Gasteiger partial charge in [0.15, 0.2) is 5.76 Å². The highest BCUT2D eigenvalue weighted by atomic mass is 16.5. The molecule has 1 unspecified atom stereocenters. The Labute approximate surface area is 95.6 Å². The van der Waals surface area contributed by atoms with E-state index >= 15 is 0 Å². The van der Waals surface area contributed by atoms with Crippen molar-refractivity contribution in [3.8, 4) is 0 Å². The molecule has 4 heteroatoms. The van der Waals surface area contributed by atoms with Crippen molar-refractivity contribution in [2.45, 2.75) is 52.4 Å². The molecule has 0 bridgehead atoms. The number of aromatic carboxylic acids is 1. The second-order valence-electron chi connectivity index (χ2n) is 4.46. The molecule has 4 nitrogen and oxygen atoms in total. The number of hydrogen-bond acceptors (Lipinski definition) is 3. The fourth-order valence-corrected chi connectivity index (χ4v) is 1.83. The van der Waals surface area contributed by atoms with Gasteiger partial charge >= 0.3 is 5.97 Å². The van der Waals surface area contributed by atoms with Crippen molar-refractivity contribution in [3.63, 3.8) is 0 Å². The Kier molecular flexibility index (Phi) is 4.10. The third-order valence-electron chi connectivity index (χ3n) is 2.67. The van der Waals surface area contributed by atoms with E-state index in [-0.39, 0.29) is 17.4 Å². The molecule has 1 aromatic rings. The van der Waals surface area contributed by atoms with Gasteiger partial charge in [-0.3, -0.25) is 0 Å². The van der Waals surface area contributed by atoms with Crippen LogP contribution in [0.25, 0.3) is 0 Å². The molecule has 1 rings (SSSR count). The lowest BCUT2D eigenvalue weighted by Crippen LogP contribution is -2.07. The largest absolute Gasteiger partial charge is 0.477 e. The van der Waals surface area contributed by atoms with Gasteiger partial charge < -0.3 is 9.63 Å². The molecule has 0 aliphatic heterocycles. The summed E-state index contributed by atoms with van der Waals surface area (Å²) in [6, 6.07) is 0. The monoisotopic (exact) mass is 225 g/mol. The van der Waals surface area contributed by atoms with Gasteiger partial charge in [0, 0.05) is 11.8 Å². The standard InChI is InChI=1S/C12H19NO3/c1-5-6-8(4)10-9(12(14)15)11(7(2)3)16-13-10/h7-8H,5-6H2,1-4H3,(H,14,15). The molecule has 0 fully saturated rings. The summed E-state index contributed by atoms with van der Waals surface area (Å²) in [6.45, 7) is 7.86. The van der Waals surface area contributed by atoms with Crippen molar-refractivity contribution in [2.75, 3.05) is 0 Å². The van der Waals surface area contributed by atoms with Gasteiger partial charge in [-0.15, -0.1) is 0 Å². The zero-order chi connectivity index (χ0) is 12.3. The molecule has 0 radical (unpaired) electrons. The number of hydrogen-bond donors (Lipinski definition) is 1. The molecule has 1 heterocycles. The van der Waals surface area contributed by atoms with E-state index in [1.807, 2.05) is 20.8 Å². The Morgan fingerprint density at radius 2 is 2.06 bits per heavy atom. The van der Waals surface area contributed by atoms with Crippen LogP contribution in [0.15, 0.2) is 4.52 Å². The second-order valence-corrected chi connectivity index (χ2v) is 4.46. The van der Waals surface area contributed by atoms with Crippen molar-refractivity contribution in [2.24, 2.45) is 0 Å². The van der Waals surface area contributed by atoms with Crippen LogP contribution in [-0.4, -0.2) is 16.2 Å². The minimum atomic E-state index is -0.942. The van der Waals surface area contributed by atoms with E-state index in [2.05, 4.69) is 12.1 Å². The molecule has 1 N–H and O–H groups in total. The molecule has 0 aliphatic carbocycles. The number of rotatable bonds is 5. The van der Waals surface area contributed by atoms with Gasteiger partial charge in [-0.05, 0) is 6.42 Å². The lowest BCUT2D eigenvalue weighted by molar-refractivity contribution is 0.0692. The lowest BCUT2D eigenvalue weighted by atomic mass is 9.95. The van der Waals surface area contributed by atoms with E-state index in [1.54, 1.807) is 0 Å². The first-order valence-corrected chi connectivity index (χ1v) is 5.71. The third-order valence-corrected chi connectivity index (χ3v) is 2.67. The summed E-state index contributed by atoms with van der Waals surface area (Å²) in [5.41, 5.74) is 0.842. The van der Waals surface area contributed by atoms with Gasteiger partial charge in [0.05, 0.1) is 0 Å². The number of carbonyl (C=O) groups is 1. The van der Waals surface area contributed by atoms with Crippen LogP contribution in [-0.2, 0) is 0 Å². The number of nitrogens with zero attached hydrogens (tertiary/aromatic N) is 1. The van der Waals surface area contributed by atoms with Crippen molar-refractivity contribution < 1.29 is 14.4 Å². The summed E-state index contributed by atoms with van der Waals surface area (Å²) in [5, 5.41) is 13.1. The fraction of sp³-hybridized carbons (Fsp3) is 0.667. The Hall–Kier alpha value is -1.32. The highest BCUT2D eigenvalue weighted by Crippen LogP contribution is 2.29. The molecular weight excluding hydrogens is 206 g/mol. The number of carboxylic acids is 1. The summed E-state index contributed by atoms with van der Waals surface area (Å²) in [6.07, 6.45) is 1.93. The first-order valence-electron chi connectivity index (χ1n) is 5.71. The predicted octanol–water partition coefficient (Wildman–Crippen LogP) is 3.40. The van der Waals surface area contributed by atoms with Gasteiger partial charge in [0.2, 0.25) is 0 Å². The summed E-state index contributed by atoms with van der Waals surface area (Å²) in [5.74, 6) is -0.290. The number of carboxylic acid groups (broad SMARTS) is 1. The molecule has 16 heavy (non-hydrogen) atoms. The van der Waals surface area contributed by atoms with Crippen molar-refractivity contribution in [1.29, 1.82) is 0 Å². The van der Waals surface area contributed by atoms with Gasteiger partial charge in [0.25, 0.3) is 0 Å². The molecule has 0 saturated carbocycles. The second kappa shape index (κ2) is 5.14. The molecule has 0 aliphatic rings. The topological polar surface area (TPSA) is 63.3 Å². The van der Waals surface area contributed by atoms with Crippen molar-refractivity contribution in [3.05, 3.63) is 17.0 Å². The summed E-state index contributed by atoms with van der Waals surface area (Å²) in [7, 11) is 0. The SMILES string of the molecule is CCCC(C)c1noc(C(C)C)c1C(=O)O. The average molecular weight is 225 g/mol. The summed E-state index contributed by atoms with van der Waals surface area (Å²) >= 11 is 0. The maximum absolute atomic E-state index is 11.2. The third kappa shape index (κ3) is 2.43. The Morgan fingerprint density at radius 3 is 2.50 bits per heavy atom. The molecule has 1 atom stereocenters. The molecule has 0 amide bonds. The summed E-state index contributed by atoms with van der Waals surface area (Å²) in [4.78, 5) is 11.2. The van der Waals surface area contributed by atoms with E-state index in [0.29, 0.717) is 11.5 Å². The van der Waals surface area contributed by atoms with Crippen LogP contribution in [0.1, 0.15) is 74.2 Å². The van der Waals surface area contributed by atoms with Crippen molar-refractivity contribution >= 4 is 5.97 Å². The predicted molar refractivity (Wildman–Crippen MR) is 60.9 cm³/mol. The van der Waals surface area contributed by atoms with Gasteiger partial charge in [-0.1, -0.05) is 39.3 Å². The molecular formula is C12H19NO3. The van der Waals surface area contributed by atoms with E-state index in [9.17, 15) is 9.90 Å². The van der Waals surface area contributed by atoms with Crippen LogP contribution in [0.4, 0.5) is 0 Å². The minimum absolute atomic E-state index is 0.0428. The maximum Gasteiger partial charge on any atom is 0.341 e. The number of aromatic nitrogens is 1. The first-order chi connectivity index (χ1) is 7.49. The molecule has 0 spiro atoms. The van der Waals surface area contributed by atoms with Crippen LogP contribution in [0.3, 0.4) is 0 Å². The van der Waals surface area contributed by atoms with Crippen LogP contribution in [0.2, 0.25) is 0 Å². The highest BCUT2D eigenvalue weighted by molar-refractivity contribution is 5.90. The normalized spacial score (nSPS) is 13.1. The quantitative estimate of drug-likeness (QED) is 0.834. The molecule has 90 valence electrons. The minimum Gasteiger partial charge on any atom is -0.477 e. The zero-order valence-corrected chi connectivity index (χ0v) is 10.3. The van der Waals surface area contributed by atoms with Gasteiger partial charge in [0.1, 0.15) is 11.3 Å². The Balaban J connectivity index is 3.15. The van der Waals surface area contributed by atoms with Gasteiger partial charge in [-0.25, -0.2) is 4.79 Å². The Morgan fingerprint density at radius 1 is 1.44 bits per heavy atom. The molecule has 0 aromatic carbocycles. The van der Waals surface area contributed by atoms with Gasteiger partial charge in [-0.2, -0.15) is 0 Å². The lowest BCUT2D eigenvalue weighted by Gasteiger charge is -2.07. The Bertz CT molecular complexity index is 368. The van der Waals surface area contributed by atoms with Crippen LogP contribution in [0.5, 0.6) is 0 Å². The average Bonchev–Trinajstić information content (AvgIpc) is 2.61. The fourth-order valence-electron chi connectivity index (χ4n) is 1.83. The first kappa shape index (κ1) is 12.7. The summed E-state index contributed by atoms with van der Waals surface area (Å²) < 4.78 is 5.16. The van der Waals surface area contributed by atoms with Crippen LogP contribution in [0, 0.1) is 0 Å². The highest BCUT2D eigenvalue weighted by Gasteiger charge is 2.26. The molecule has 1 aromatic heterocycles. The van der Waals surface area contributed by atoms with Crippen molar-refractivity contribution in [1.82, 2.24) is 5.16 Å². The van der Waals surface area contributed by atoms with E-state index in [1.165, 1.54) is 0 Å². The maximum atomic E-state index is 11.2.